The normalized spacial score (nSPS) is 22.5. The molecule has 2 aromatic carbocycles. The maximum absolute atomic E-state index is 13.9. The number of nitrogens with one attached hydrogen (secondary N) is 1. The van der Waals surface area contributed by atoms with Crippen LogP contribution in [-0.4, -0.2) is 41.8 Å². The first-order valence-corrected chi connectivity index (χ1v) is 11.0. The summed E-state index contributed by atoms with van der Waals surface area (Å²) in [5.74, 6) is -0.0809. The quantitative estimate of drug-likeness (QED) is 0.673. The van der Waals surface area contributed by atoms with Gasteiger partial charge in [-0.2, -0.15) is 0 Å². The highest BCUT2D eigenvalue weighted by molar-refractivity contribution is 8.18. The first-order valence-electron chi connectivity index (χ1n) is 10.2. The molecule has 32 heavy (non-hydrogen) atoms. The van der Waals surface area contributed by atoms with E-state index in [2.05, 4.69) is 5.32 Å². The third-order valence-electron chi connectivity index (χ3n) is 5.63. The standard InChI is InChI=1S/C23H19FN2O5S/c24-17-4-2-1-3-14(17)15-11-16(15)21(27)25-7-8-26-22(28)20(32-23(26)29)10-13-5-6-18-19(9-13)31-12-30-18/h1-6,9-10,15-16H,7-8,11-12H2,(H,25,27)/b20-10+. The zero-order valence-electron chi connectivity index (χ0n) is 16.9. The van der Waals surface area contributed by atoms with Crippen LogP contribution in [0.15, 0.2) is 47.4 Å². The van der Waals surface area contributed by atoms with Gasteiger partial charge in [-0.15, -0.1) is 0 Å². The van der Waals surface area contributed by atoms with Crippen LogP contribution in [0.1, 0.15) is 23.5 Å². The van der Waals surface area contributed by atoms with Crippen molar-refractivity contribution in [1.29, 1.82) is 0 Å². The van der Waals surface area contributed by atoms with Crippen LogP contribution in [0.3, 0.4) is 0 Å². The number of carbonyl (C=O) groups excluding carboxylic acids is 3. The molecule has 2 aromatic rings. The summed E-state index contributed by atoms with van der Waals surface area (Å²) in [6.45, 7) is 0.379. The van der Waals surface area contributed by atoms with Crippen LogP contribution in [0.5, 0.6) is 11.5 Å². The van der Waals surface area contributed by atoms with E-state index in [4.69, 9.17) is 9.47 Å². The predicted octanol–water partition coefficient (Wildman–Crippen LogP) is 3.51. The number of carbonyl (C=O) groups is 3. The largest absolute Gasteiger partial charge is 0.454 e. The van der Waals surface area contributed by atoms with E-state index < -0.39 is 5.91 Å². The lowest BCUT2D eigenvalue weighted by molar-refractivity contribution is -0.124. The molecule has 2 atom stereocenters. The number of ether oxygens (including phenoxy) is 2. The Kier molecular flexibility index (Phi) is 5.34. The van der Waals surface area contributed by atoms with Crippen molar-refractivity contribution in [2.75, 3.05) is 19.9 Å². The Bertz CT molecular complexity index is 1150. The Balaban J connectivity index is 1.15. The van der Waals surface area contributed by atoms with E-state index in [1.54, 1.807) is 42.5 Å². The van der Waals surface area contributed by atoms with E-state index in [0.29, 0.717) is 28.4 Å². The SMILES string of the molecule is O=C(NCCN1C(=O)S/C(=C/c2ccc3c(c2)OCO3)C1=O)C1CC1c1ccccc1F. The van der Waals surface area contributed by atoms with Crippen molar-refractivity contribution in [3.63, 3.8) is 0 Å². The number of thioether (sulfide) groups is 1. The van der Waals surface area contributed by atoms with Gasteiger partial charge >= 0.3 is 0 Å². The maximum atomic E-state index is 13.9. The van der Waals surface area contributed by atoms with Gasteiger partial charge in [-0.25, -0.2) is 4.39 Å². The fraction of sp³-hybridized carbons (Fsp3) is 0.261. The van der Waals surface area contributed by atoms with Crippen LogP contribution in [0.4, 0.5) is 9.18 Å². The first-order chi connectivity index (χ1) is 15.5. The highest BCUT2D eigenvalue weighted by Crippen LogP contribution is 2.48. The number of amides is 3. The van der Waals surface area contributed by atoms with Gasteiger partial charge in [0.1, 0.15) is 5.82 Å². The summed E-state index contributed by atoms with van der Waals surface area (Å²) < 4.78 is 24.5. The van der Waals surface area contributed by atoms with Crippen LogP contribution < -0.4 is 14.8 Å². The Morgan fingerprint density at radius 2 is 2.00 bits per heavy atom. The zero-order chi connectivity index (χ0) is 22.2. The second-order valence-electron chi connectivity index (χ2n) is 7.71. The molecule has 0 radical (unpaired) electrons. The second kappa shape index (κ2) is 8.31. The number of imide groups is 1. The van der Waals surface area contributed by atoms with E-state index in [1.165, 1.54) is 6.07 Å². The molecule has 2 fully saturated rings. The highest BCUT2D eigenvalue weighted by atomic mass is 32.2. The van der Waals surface area contributed by atoms with Gasteiger partial charge in [0, 0.05) is 19.0 Å². The van der Waals surface area contributed by atoms with Crippen molar-refractivity contribution in [3.05, 3.63) is 64.3 Å². The summed E-state index contributed by atoms with van der Waals surface area (Å²) in [6.07, 6.45) is 2.22. The number of hydrogen-bond donors (Lipinski definition) is 1. The monoisotopic (exact) mass is 454 g/mol. The Hall–Kier alpha value is -3.33. The zero-order valence-corrected chi connectivity index (χ0v) is 17.7. The number of halogens is 1. The number of nitrogens with zero attached hydrogens (tertiary/aromatic N) is 1. The summed E-state index contributed by atoms with van der Waals surface area (Å²) in [7, 11) is 0. The van der Waals surface area contributed by atoms with Crippen molar-refractivity contribution in [3.8, 4) is 11.5 Å². The third kappa shape index (κ3) is 3.95. The van der Waals surface area contributed by atoms with Crippen molar-refractivity contribution >= 4 is 34.9 Å². The van der Waals surface area contributed by atoms with E-state index in [1.807, 2.05) is 0 Å². The molecule has 1 aliphatic carbocycles. The van der Waals surface area contributed by atoms with Crippen LogP contribution >= 0.6 is 11.8 Å². The van der Waals surface area contributed by atoms with Gasteiger partial charge in [-0.1, -0.05) is 24.3 Å². The molecule has 164 valence electrons. The topological polar surface area (TPSA) is 84.9 Å². The van der Waals surface area contributed by atoms with Crippen molar-refractivity contribution < 1.29 is 28.2 Å². The van der Waals surface area contributed by atoms with Gasteiger partial charge in [0.25, 0.3) is 11.1 Å². The lowest BCUT2D eigenvalue weighted by atomic mass is 10.1. The van der Waals surface area contributed by atoms with E-state index in [-0.39, 0.29) is 48.7 Å². The molecule has 7 nitrogen and oxygen atoms in total. The molecule has 9 heteroatoms. The van der Waals surface area contributed by atoms with Gasteiger partial charge in [0.2, 0.25) is 12.7 Å². The highest BCUT2D eigenvalue weighted by Gasteiger charge is 2.45. The van der Waals surface area contributed by atoms with Crippen molar-refractivity contribution in [2.45, 2.75) is 12.3 Å². The van der Waals surface area contributed by atoms with Crippen LogP contribution in [0, 0.1) is 11.7 Å². The molecule has 1 N–H and O–H groups in total. The minimum atomic E-state index is -0.400. The van der Waals surface area contributed by atoms with Gasteiger partial charge in [-0.3, -0.25) is 19.3 Å². The summed E-state index contributed by atoms with van der Waals surface area (Å²) in [4.78, 5) is 38.8. The van der Waals surface area contributed by atoms with E-state index in [9.17, 15) is 18.8 Å². The molecule has 0 spiro atoms. The van der Waals surface area contributed by atoms with Gasteiger partial charge < -0.3 is 14.8 Å². The molecule has 2 heterocycles. The smallest absolute Gasteiger partial charge is 0.293 e. The molecule has 2 aliphatic heterocycles. The van der Waals surface area contributed by atoms with Crippen LogP contribution in [-0.2, 0) is 9.59 Å². The van der Waals surface area contributed by atoms with E-state index in [0.717, 1.165) is 22.2 Å². The van der Waals surface area contributed by atoms with Crippen LogP contribution in [0.2, 0.25) is 0 Å². The summed E-state index contributed by atoms with van der Waals surface area (Å²) in [5.41, 5.74) is 1.27. The van der Waals surface area contributed by atoms with Crippen LogP contribution in [0.25, 0.3) is 6.08 Å². The molecular formula is C23H19FN2O5S. The van der Waals surface area contributed by atoms with Gasteiger partial charge in [-0.05, 0) is 59.5 Å². The fourth-order valence-corrected chi connectivity index (χ4v) is 4.74. The predicted molar refractivity (Wildman–Crippen MR) is 115 cm³/mol. The molecule has 5 rings (SSSR count). The van der Waals surface area contributed by atoms with Gasteiger partial charge in [0.05, 0.1) is 4.91 Å². The lowest BCUT2D eigenvalue weighted by Gasteiger charge is -2.13. The molecular weight excluding hydrogens is 435 g/mol. The average Bonchev–Trinajstić information content (AvgIpc) is 3.36. The summed E-state index contributed by atoms with van der Waals surface area (Å²) in [5, 5.41) is 2.38. The Morgan fingerprint density at radius 3 is 2.84 bits per heavy atom. The fourth-order valence-electron chi connectivity index (χ4n) is 3.87. The number of hydrogen-bond acceptors (Lipinski definition) is 6. The summed E-state index contributed by atoms with van der Waals surface area (Å²) in [6, 6.07) is 11.7. The Labute approximate surface area is 187 Å². The average molecular weight is 454 g/mol. The molecule has 1 saturated carbocycles. The van der Waals surface area contributed by atoms with Crippen molar-refractivity contribution in [2.24, 2.45) is 5.92 Å². The minimum absolute atomic E-state index is 0.0754. The number of rotatable bonds is 6. The first kappa shape index (κ1) is 20.6. The molecule has 2 unspecified atom stereocenters. The third-order valence-corrected chi connectivity index (χ3v) is 6.54. The Morgan fingerprint density at radius 1 is 1.19 bits per heavy atom. The molecule has 3 aliphatic rings. The maximum Gasteiger partial charge on any atom is 0.293 e. The molecule has 1 saturated heterocycles. The van der Waals surface area contributed by atoms with Gasteiger partial charge in [0.15, 0.2) is 11.5 Å². The minimum Gasteiger partial charge on any atom is -0.454 e. The molecule has 0 aromatic heterocycles. The van der Waals surface area contributed by atoms with Crippen molar-refractivity contribution in [1.82, 2.24) is 10.2 Å². The number of fused-ring (bicyclic) bond motifs is 1. The summed E-state index contributed by atoms with van der Waals surface area (Å²) >= 11 is 0.859. The molecule has 0 bridgehead atoms. The molecule has 3 amide bonds. The number of benzene rings is 2. The lowest BCUT2D eigenvalue weighted by Crippen LogP contribution is -2.37. The van der Waals surface area contributed by atoms with E-state index >= 15 is 0 Å². The second-order valence-corrected chi connectivity index (χ2v) is 8.70.